The molecule has 1 aromatic rings. The lowest BCUT2D eigenvalue weighted by Crippen LogP contribution is -2.14. The van der Waals surface area contributed by atoms with Crippen molar-refractivity contribution in [2.24, 2.45) is 5.73 Å². The summed E-state index contributed by atoms with van der Waals surface area (Å²) in [4.78, 5) is 7.95. The molecule has 1 aromatic heterocycles. The third kappa shape index (κ3) is 2.03. The molecule has 0 bridgehead atoms. The molecule has 78 valence electrons. The van der Waals surface area contributed by atoms with E-state index < -0.39 is 0 Å². The van der Waals surface area contributed by atoms with Gasteiger partial charge in [0, 0.05) is 11.9 Å². The molecule has 4 heteroatoms. The molecule has 1 saturated carbocycles. The van der Waals surface area contributed by atoms with Gasteiger partial charge in [0.25, 0.3) is 0 Å². The van der Waals surface area contributed by atoms with Crippen LogP contribution < -0.4 is 5.73 Å². The Bertz CT molecular complexity index is 394. The highest BCUT2D eigenvalue weighted by molar-refractivity contribution is 6.04. The topological polar surface area (TPSA) is 75.7 Å². The van der Waals surface area contributed by atoms with Gasteiger partial charge in [0.1, 0.15) is 6.33 Å². The minimum Gasteiger partial charge on any atom is -0.397 e. The molecule has 1 fully saturated rings. The van der Waals surface area contributed by atoms with Gasteiger partial charge in [0.15, 0.2) is 0 Å². The first-order chi connectivity index (χ1) is 7.29. The van der Waals surface area contributed by atoms with Crippen LogP contribution in [0.2, 0.25) is 0 Å². The number of hydrogen-bond acceptors (Lipinski definition) is 4. The fraction of sp³-hybridized carbons (Fsp3) is 0.364. The van der Waals surface area contributed by atoms with Crippen molar-refractivity contribution in [1.29, 1.82) is 5.41 Å². The van der Waals surface area contributed by atoms with Crippen LogP contribution in [-0.4, -0.2) is 15.7 Å². The molecule has 1 heterocycles. The molecule has 0 saturated heterocycles. The molecule has 15 heavy (non-hydrogen) atoms. The smallest absolute Gasteiger partial charge is 0.116 e. The molecule has 0 unspecified atom stereocenters. The first-order valence-corrected chi connectivity index (χ1v) is 5.12. The van der Waals surface area contributed by atoms with E-state index in [1.54, 1.807) is 12.3 Å². The minimum absolute atomic E-state index is 0.641. The lowest BCUT2D eigenvalue weighted by atomic mass is 9.91. The van der Waals surface area contributed by atoms with Crippen molar-refractivity contribution >= 4 is 11.4 Å². The van der Waals surface area contributed by atoms with Crippen LogP contribution in [0.1, 0.15) is 31.4 Å². The van der Waals surface area contributed by atoms with Gasteiger partial charge in [-0.3, -0.25) is 0 Å². The summed E-state index contributed by atoms with van der Waals surface area (Å²) in [6, 6.07) is 1.78. The summed E-state index contributed by atoms with van der Waals surface area (Å²) in [6.07, 6.45) is 7.09. The SMILES string of the molecule is N=C1CCCC/C1=C(/N)c1ccncn1. The van der Waals surface area contributed by atoms with Gasteiger partial charge in [-0.15, -0.1) is 0 Å². The second-order valence-corrected chi connectivity index (χ2v) is 3.67. The van der Waals surface area contributed by atoms with Gasteiger partial charge in [-0.05, 0) is 37.3 Å². The van der Waals surface area contributed by atoms with Gasteiger partial charge in [-0.25, -0.2) is 9.97 Å². The fourth-order valence-corrected chi connectivity index (χ4v) is 1.81. The van der Waals surface area contributed by atoms with Gasteiger partial charge in [0.2, 0.25) is 0 Å². The highest BCUT2D eigenvalue weighted by Gasteiger charge is 2.16. The zero-order valence-corrected chi connectivity index (χ0v) is 8.53. The molecule has 4 nitrogen and oxygen atoms in total. The lowest BCUT2D eigenvalue weighted by molar-refractivity contribution is 0.730. The molecule has 0 aliphatic heterocycles. The van der Waals surface area contributed by atoms with Crippen molar-refractivity contribution in [1.82, 2.24) is 9.97 Å². The second-order valence-electron chi connectivity index (χ2n) is 3.67. The van der Waals surface area contributed by atoms with E-state index in [1.807, 2.05) is 0 Å². The van der Waals surface area contributed by atoms with E-state index in [4.69, 9.17) is 11.1 Å². The normalized spacial score (nSPS) is 20.1. The van der Waals surface area contributed by atoms with Gasteiger partial charge in [-0.1, -0.05) is 0 Å². The van der Waals surface area contributed by atoms with Crippen LogP contribution in [0.3, 0.4) is 0 Å². The summed E-state index contributed by atoms with van der Waals surface area (Å²) in [6.45, 7) is 0. The standard InChI is InChI=1S/C11H14N4/c12-9-4-2-1-3-8(9)11(13)10-5-6-14-7-15-10/h5-7,12H,1-4,13H2/b11-8-,12-9?. The van der Waals surface area contributed by atoms with E-state index in [1.165, 1.54) is 6.33 Å². The Kier molecular flexibility index (Phi) is 2.76. The van der Waals surface area contributed by atoms with Crippen LogP contribution in [0.4, 0.5) is 0 Å². The van der Waals surface area contributed by atoms with E-state index in [0.29, 0.717) is 11.4 Å². The molecule has 1 aliphatic carbocycles. The summed E-state index contributed by atoms with van der Waals surface area (Å²) < 4.78 is 0. The van der Waals surface area contributed by atoms with E-state index in [9.17, 15) is 0 Å². The van der Waals surface area contributed by atoms with E-state index in [-0.39, 0.29) is 0 Å². The zero-order chi connectivity index (χ0) is 10.7. The Morgan fingerprint density at radius 2 is 2.13 bits per heavy atom. The summed E-state index contributed by atoms with van der Waals surface area (Å²) in [5.41, 5.74) is 9.00. The summed E-state index contributed by atoms with van der Waals surface area (Å²) in [5.74, 6) is 0. The first kappa shape index (κ1) is 9.83. The van der Waals surface area contributed by atoms with Crippen molar-refractivity contribution < 1.29 is 0 Å². The Morgan fingerprint density at radius 1 is 1.33 bits per heavy atom. The summed E-state index contributed by atoms with van der Waals surface area (Å²) in [5, 5.41) is 7.84. The van der Waals surface area contributed by atoms with Gasteiger partial charge >= 0.3 is 0 Å². The summed E-state index contributed by atoms with van der Waals surface area (Å²) >= 11 is 0. The predicted octanol–water partition coefficient (Wildman–Crippen LogP) is 1.74. The third-order valence-electron chi connectivity index (χ3n) is 2.65. The lowest BCUT2D eigenvalue weighted by Gasteiger charge is -2.17. The molecule has 0 atom stereocenters. The number of rotatable bonds is 1. The van der Waals surface area contributed by atoms with Crippen LogP contribution in [0.15, 0.2) is 24.2 Å². The van der Waals surface area contributed by atoms with Crippen molar-refractivity contribution in [3.63, 3.8) is 0 Å². The molecule has 0 aromatic carbocycles. The quantitative estimate of drug-likeness (QED) is 0.728. The fourth-order valence-electron chi connectivity index (χ4n) is 1.81. The number of hydrogen-bond donors (Lipinski definition) is 2. The van der Waals surface area contributed by atoms with Crippen LogP contribution in [-0.2, 0) is 0 Å². The molecule has 1 aliphatic rings. The average Bonchev–Trinajstić information content (AvgIpc) is 2.30. The maximum atomic E-state index is 7.84. The monoisotopic (exact) mass is 202 g/mol. The van der Waals surface area contributed by atoms with Crippen LogP contribution in [0.25, 0.3) is 5.70 Å². The van der Waals surface area contributed by atoms with Crippen molar-refractivity contribution in [2.45, 2.75) is 25.7 Å². The largest absolute Gasteiger partial charge is 0.397 e. The van der Waals surface area contributed by atoms with E-state index >= 15 is 0 Å². The van der Waals surface area contributed by atoms with Crippen molar-refractivity contribution in [2.75, 3.05) is 0 Å². The molecular weight excluding hydrogens is 188 g/mol. The summed E-state index contributed by atoms with van der Waals surface area (Å²) in [7, 11) is 0. The Hall–Kier alpha value is -1.71. The van der Waals surface area contributed by atoms with Crippen LogP contribution in [0, 0.1) is 5.41 Å². The maximum absolute atomic E-state index is 7.84. The number of allylic oxidation sites excluding steroid dienone is 1. The predicted molar refractivity (Wildman–Crippen MR) is 59.3 cm³/mol. The van der Waals surface area contributed by atoms with Crippen molar-refractivity contribution in [3.8, 4) is 0 Å². The number of nitrogens with one attached hydrogen (secondary N) is 1. The second kappa shape index (κ2) is 4.21. The Balaban J connectivity index is 2.35. The molecule has 0 amide bonds. The average molecular weight is 202 g/mol. The van der Waals surface area contributed by atoms with Gasteiger partial charge < -0.3 is 11.1 Å². The van der Waals surface area contributed by atoms with E-state index in [2.05, 4.69) is 9.97 Å². The van der Waals surface area contributed by atoms with Crippen molar-refractivity contribution in [3.05, 3.63) is 29.9 Å². The Morgan fingerprint density at radius 3 is 2.80 bits per heavy atom. The highest BCUT2D eigenvalue weighted by Crippen LogP contribution is 2.24. The maximum Gasteiger partial charge on any atom is 0.116 e. The van der Waals surface area contributed by atoms with Gasteiger partial charge in [0.05, 0.1) is 11.4 Å². The molecule has 3 N–H and O–H groups in total. The van der Waals surface area contributed by atoms with Crippen LogP contribution in [0.5, 0.6) is 0 Å². The van der Waals surface area contributed by atoms with E-state index in [0.717, 1.165) is 37.0 Å². The highest BCUT2D eigenvalue weighted by atomic mass is 14.8. The number of aromatic nitrogens is 2. The third-order valence-corrected chi connectivity index (χ3v) is 2.65. The number of nitrogens with zero attached hydrogens (tertiary/aromatic N) is 2. The Labute approximate surface area is 88.8 Å². The number of nitrogens with two attached hydrogens (primary N) is 1. The minimum atomic E-state index is 0.641. The molecule has 0 radical (unpaired) electrons. The first-order valence-electron chi connectivity index (χ1n) is 5.12. The van der Waals surface area contributed by atoms with Gasteiger partial charge in [-0.2, -0.15) is 0 Å². The zero-order valence-electron chi connectivity index (χ0n) is 8.53. The van der Waals surface area contributed by atoms with Crippen LogP contribution >= 0.6 is 0 Å². The molecule has 2 rings (SSSR count). The molecule has 0 spiro atoms. The molecular formula is C11H14N4.